The third-order valence-corrected chi connectivity index (χ3v) is 5.34. The van der Waals surface area contributed by atoms with Gasteiger partial charge >= 0.3 is 0 Å². The minimum absolute atomic E-state index is 0.0655. The number of aliphatic imine (C=N–C) groups is 1. The molecule has 0 amide bonds. The number of benzene rings is 3. The first-order valence-electron chi connectivity index (χ1n) is 11.1. The summed E-state index contributed by atoms with van der Waals surface area (Å²) in [4.78, 5) is 4.83. The molecule has 0 aliphatic rings. The predicted octanol–water partition coefficient (Wildman–Crippen LogP) is 7.52. The van der Waals surface area contributed by atoms with Crippen LogP contribution in [0, 0.1) is 0 Å². The highest BCUT2D eigenvalue weighted by molar-refractivity contribution is 6.07. The molecule has 0 spiro atoms. The maximum atomic E-state index is 11.2. The van der Waals surface area contributed by atoms with Crippen LogP contribution in [0.2, 0.25) is 0 Å². The minimum atomic E-state index is -0.444. The lowest BCUT2D eigenvalue weighted by atomic mass is 9.93. The number of phenolic OH excluding ortho intramolecular Hbond substituents is 1. The van der Waals surface area contributed by atoms with Crippen molar-refractivity contribution in [3.63, 3.8) is 0 Å². The van der Waals surface area contributed by atoms with Crippen LogP contribution in [-0.4, -0.2) is 22.1 Å². The summed E-state index contributed by atoms with van der Waals surface area (Å²) in [7, 11) is 0. The number of nitrogens with zero attached hydrogens (tertiary/aromatic N) is 1. The summed E-state index contributed by atoms with van der Waals surface area (Å²) in [6, 6.07) is 13.4. The maximum Gasteiger partial charge on any atom is 0.136 e. The van der Waals surface area contributed by atoms with Crippen LogP contribution < -0.4 is 10.2 Å². The van der Waals surface area contributed by atoms with E-state index < -0.39 is 5.60 Å². The van der Waals surface area contributed by atoms with Gasteiger partial charge in [-0.15, -0.1) is 0 Å². The van der Waals surface area contributed by atoms with E-state index in [-0.39, 0.29) is 5.75 Å². The zero-order chi connectivity index (χ0) is 23.6. The average molecular weight is 435 g/mol. The molecule has 0 radical (unpaired) electrons. The van der Waals surface area contributed by atoms with Crippen LogP contribution in [0.5, 0.6) is 11.5 Å². The van der Waals surface area contributed by atoms with E-state index in [0.29, 0.717) is 39.6 Å². The largest absolute Gasteiger partial charge is 0.506 e. The number of phenols is 1. The van der Waals surface area contributed by atoms with Crippen molar-refractivity contribution < 1.29 is 15.1 Å². The van der Waals surface area contributed by atoms with Gasteiger partial charge in [0.05, 0.1) is 16.8 Å². The molecular weight excluding hydrogens is 400 g/mol. The number of nitrogens with one attached hydrogen (secondary N) is 1. The number of rotatable bonds is 6. The van der Waals surface area contributed by atoms with Crippen LogP contribution in [0.4, 0.5) is 11.4 Å². The Bertz CT molecular complexity index is 1120. The Morgan fingerprint density at radius 1 is 0.969 bits per heavy atom. The second-order valence-corrected chi connectivity index (χ2v) is 9.72. The molecule has 5 nitrogen and oxygen atoms in total. The third kappa shape index (κ3) is 4.89. The normalized spacial score (nSPS) is 12.3. The molecule has 3 aromatic carbocycles. The first-order chi connectivity index (χ1) is 15.0. The minimum Gasteiger partial charge on any atom is -0.506 e. The molecule has 0 unspecified atom stereocenters. The van der Waals surface area contributed by atoms with Gasteiger partial charge in [-0.1, -0.05) is 58.0 Å². The number of anilines is 1. The summed E-state index contributed by atoms with van der Waals surface area (Å²) < 4.78 is 6.10. The van der Waals surface area contributed by atoms with Crippen molar-refractivity contribution in [1.82, 2.24) is 0 Å². The second-order valence-electron chi connectivity index (χ2n) is 9.72. The molecule has 5 heteroatoms. The summed E-state index contributed by atoms with van der Waals surface area (Å²) in [6.45, 7) is 14.5. The van der Waals surface area contributed by atoms with Gasteiger partial charge in [-0.25, -0.2) is 0 Å². The Balaban J connectivity index is 2.22. The SMILES string of the molecule is CC(C)c1cccc(C(C)C)c1N=Cc1cc(NO)c2cccc(OC(C)(C)C)c2c1O. The Morgan fingerprint density at radius 3 is 2.09 bits per heavy atom. The number of ether oxygens (including phenoxy) is 1. The standard InChI is InChI=1S/C27H34N2O3/c1-16(2)19-10-8-11-20(17(3)4)25(19)28-15-18-14-22(29-31)21-12-9-13-23(24(21)26(18)30)32-27(5,6)7/h8-17,29-31H,1-7H3. The number of aromatic hydroxyl groups is 1. The molecule has 170 valence electrons. The van der Waals surface area contributed by atoms with Gasteiger partial charge in [0.15, 0.2) is 0 Å². The molecule has 0 aromatic heterocycles. The van der Waals surface area contributed by atoms with Crippen LogP contribution in [0.25, 0.3) is 10.8 Å². The smallest absolute Gasteiger partial charge is 0.136 e. The fraction of sp³-hybridized carbons (Fsp3) is 0.370. The topological polar surface area (TPSA) is 74.1 Å². The Morgan fingerprint density at radius 2 is 1.56 bits per heavy atom. The molecule has 32 heavy (non-hydrogen) atoms. The number of fused-ring (bicyclic) bond motifs is 1. The second kappa shape index (κ2) is 9.21. The Kier molecular flexibility index (Phi) is 6.79. The van der Waals surface area contributed by atoms with Crippen molar-refractivity contribution in [3.8, 4) is 11.5 Å². The van der Waals surface area contributed by atoms with Crippen LogP contribution in [0.15, 0.2) is 47.5 Å². The lowest BCUT2D eigenvalue weighted by molar-refractivity contribution is 0.133. The van der Waals surface area contributed by atoms with E-state index in [2.05, 4.69) is 51.4 Å². The number of hydrogen-bond acceptors (Lipinski definition) is 5. The van der Waals surface area contributed by atoms with Crippen molar-refractivity contribution >= 4 is 28.4 Å². The predicted molar refractivity (Wildman–Crippen MR) is 133 cm³/mol. The quantitative estimate of drug-likeness (QED) is 0.213. The summed E-state index contributed by atoms with van der Waals surface area (Å²) >= 11 is 0. The highest BCUT2D eigenvalue weighted by Gasteiger charge is 2.19. The third-order valence-electron chi connectivity index (χ3n) is 5.34. The summed E-state index contributed by atoms with van der Waals surface area (Å²) in [6.07, 6.45) is 1.66. The van der Waals surface area contributed by atoms with Gasteiger partial charge < -0.3 is 9.84 Å². The molecule has 0 heterocycles. The van der Waals surface area contributed by atoms with Crippen LogP contribution in [0.3, 0.4) is 0 Å². The maximum absolute atomic E-state index is 11.2. The van der Waals surface area contributed by atoms with Gasteiger partial charge in [0.25, 0.3) is 0 Å². The van der Waals surface area contributed by atoms with Crippen molar-refractivity contribution in [3.05, 3.63) is 59.2 Å². The zero-order valence-corrected chi connectivity index (χ0v) is 20.0. The molecule has 0 atom stereocenters. The highest BCUT2D eigenvalue weighted by Crippen LogP contribution is 2.41. The van der Waals surface area contributed by atoms with E-state index >= 15 is 0 Å². The van der Waals surface area contributed by atoms with E-state index in [1.807, 2.05) is 39.0 Å². The first-order valence-corrected chi connectivity index (χ1v) is 11.1. The van der Waals surface area contributed by atoms with Crippen LogP contribution in [0.1, 0.15) is 77.0 Å². The lowest BCUT2D eigenvalue weighted by Gasteiger charge is -2.23. The van der Waals surface area contributed by atoms with Gasteiger partial charge in [-0.3, -0.25) is 15.7 Å². The molecule has 0 bridgehead atoms. The highest BCUT2D eigenvalue weighted by atomic mass is 16.5. The summed E-state index contributed by atoms with van der Waals surface area (Å²) in [5.41, 5.74) is 6.02. The molecule has 0 fully saturated rings. The fourth-order valence-electron chi connectivity index (χ4n) is 3.85. The van der Waals surface area contributed by atoms with Gasteiger partial charge in [-0.2, -0.15) is 0 Å². The van der Waals surface area contributed by atoms with E-state index in [9.17, 15) is 10.3 Å². The Hall–Kier alpha value is -3.05. The van der Waals surface area contributed by atoms with Gasteiger partial charge in [-0.05, 0) is 55.9 Å². The lowest BCUT2D eigenvalue weighted by Crippen LogP contribution is -2.23. The molecule has 0 saturated heterocycles. The Labute approximate surface area is 190 Å². The monoisotopic (exact) mass is 434 g/mol. The van der Waals surface area contributed by atoms with Crippen molar-refractivity contribution in [2.45, 2.75) is 65.9 Å². The molecule has 0 saturated carbocycles. The van der Waals surface area contributed by atoms with Crippen molar-refractivity contribution in [2.75, 3.05) is 5.48 Å². The molecule has 3 aromatic rings. The molecule has 3 N–H and O–H groups in total. The number of para-hydroxylation sites is 1. The molecule has 0 aliphatic heterocycles. The van der Waals surface area contributed by atoms with Crippen molar-refractivity contribution in [1.29, 1.82) is 0 Å². The van der Waals surface area contributed by atoms with Gasteiger partial charge in [0.2, 0.25) is 0 Å². The van der Waals surface area contributed by atoms with E-state index in [4.69, 9.17) is 9.73 Å². The zero-order valence-electron chi connectivity index (χ0n) is 20.0. The van der Waals surface area contributed by atoms with Gasteiger partial charge in [0.1, 0.15) is 17.1 Å². The van der Waals surface area contributed by atoms with Crippen molar-refractivity contribution in [2.24, 2.45) is 4.99 Å². The van der Waals surface area contributed by atoms with E-state index in [1.54, 1.807) is 12.3 Å². The fourth-order valence-corrected chi connectivity index (χ4v) is 3.85. The van der Waals surface area contributed by atoms with Gasteiger partial charge in [0, 0.05) is 17.2 Å². The molecule has 0 aliphatic carbocycles. The number of hydrogen-bond donors (Lipinski definition) is 3. The first kappa shape index (κ1) is 23.6. The van der Waals surface area contributed by atoms with Crippen LogP contribution >= 0.6 is 0 Å². The molecule has 3 rings (SSSR count). The summed E-state index contributed by atoms with van der Waals surface area (Å²) in [5.74, 6) is 1.24. The van der Waals surface area contributed by atoms with E-state index in [0.717, 1.165) is 16.8 Å². The summed E-state index contributed by atoms with van der Waals surface area (Å²) in [5, 5.41) is 22.2. The van der Waals surface area contributed by atoms with E-state index in [1.165, 1.54) is 0 Å². The molecular formula is C27H34N2O3. The average Bonchev–Trinajstić information content (AvgIpc) is 2.71. The van der Waals surface area contributed by atoms with Crippen LogP contribution in [-0.2, 0) is 0 Å².